The number of nitrogens with one attached hydrogen (secondary N) is 3. The summed E-state index contributed by atoms with van der Waals surface area (Å²) in [5.41, 5.74) is 0. The number of hydrogen-bond acceptors (Lipinski definition) is 6. The van der Waals surface area contributed by atoms with Gasteiger partial charge >= 0.3 is 0 Å². The van der Waals surface area contributed by atoms with Crippen LogP contribution < -0.4 is 19.7 Å². The number of carbonyl (C=O) groups is 1. The van der Waals surface area contributed by atoms with Crippen LogP contribution in [0.1, 0.15) is 33.6 Å². The first kappa shape index (κ1) is 19.5. The van der Waals surface area contributed by atoms with Crippen LogP contribution in [0.3, 0.4) is 0 Å². The second-order valence-corrected chi connectivity index (χ2v) is 7.94. The van der Waals surface area contributed by atoms with Gasteiger partial charge in [0.15, 0.2) is 0 Å². The van der Waals surface area contributed by atoms with Gasteiger partial charge in [-0.1, -0.05) is 0 Å². The molecule has 0 spiro atoms. The van der Waals surface area contributed by atoms with Gasteiger partial charge in [0, 0.05) is 37.6 Å². The van der Waals surface area contributed by atoms with E-state index >= 15 is 0 Å². The molecule has 2 unspecified atom stereocenters. The maximum atomic E-state index is 12.3. The predicted molar refractivity (Wildman–Crippen MR) is 95.2 cm³/mol. The van der Waals surface area contributed by atoms with E-state index < -0.39 is 16.3 Å². The minimum atomic E-state index is -3.71. The van der Waals surface area contributed by atoms with Gasteiger partial charge in [-0.25, -0.2) is 9.97 Å². The van der Waals surface area contributed by atoms with E-state index in [1.165, 1.54) is 6.92 Å². The van der Waals surface area contributed by atoms with Crippen molar-refractivity contribution in [1.29, 1.82) is 0 Å². The van der Waals surface area contributed by atoms with E-state index in [0.717, 1.165) is 19.4 Å². The van der Waals surface area contributed by atoms with E-state index in [1.807, 2.05) is 4.90 Å². The molecule has 2 rings (SSSR count). The smallest absolute Gasteiger partial charge is 0.277 e. The fourth-order valence-electron chi connectivity index (χ4n) is 2.69. The second-order valence-electron chi connectivity index (χ2n) is 6.46. The normalized spacial score (nSPS) is 19.7. The lowest BCUT2D eigenvalue weighted by atomic mass is 10.1. The molecule has 2 atom stereocenters. The number of rotatable bonds is 7. The van der Waals surface area contributed by atoms with Gasteiger partial charge in [0.05, 0.1) is 6.04 Å². The van der Waals surface area contributed by atoms with Gasteiger partial charge in [0.2, 0.25) is 11.9 Å². The molecule has 1 aliphatic rings. The first-order chi connectivity index (χ1) is 11.8. The van der Waals surface area contributed by atoms with Crippen molar-refractivity contribution in [3.05, 3.63) is 18.5 Å². The van der Waals surface area contributed by atoms with Crippen LogP contribution in [-0.2, 0) is 15.0 Å². The molecule has 25 heavy (non-hydrogen) atoms. The van der Waals surface area contributed by atoms with Gasteiger partial charge in [-0.3, -0.25) is 4.79 Å². The number of aromatic nitrogens is 2. The average Bonchev–Trinajstić information content (AvgIpc) is 2.54. The molecule has 0 saturated carbocycles. The Bertz CT molecular complexity index is 667. The average molecular weight is 370 g/mol. The topological polar surface area (TPSA) is 116 Å². The van der Waals surface area contributed by atoms with Crippen LogP contribution in [0.25, 0.3) is 0 Å². The van der Waals surface area contributed by atoms with Crippen LogP contribution in [0.5, 0.6) is 0 Å². The summed E-state index contributed by atoms with van der Waals surface area (Å²) in [7, 11) is -3.71. The highest BCUT2D eigenvalue weighted by molar-refractivity contribution is 7.87. The molecule has 1 amide bonds. The Morgan fingerprint density at radius 1 is 1.24 bits per heavy atom. The summed E-state index contributed by atoms with van der Waals surface area (Å²) in [6.07, 6.45) is 5.10. The molecule has 2 heterocycles. The summed E-state index contributed by atoms with van der Waals surface area (Å²) < 4.78 is 28.4. The number of carbonyl (C=O) groups excluding carboxylic acids is 1. The Kier molecular flexibility index (Phi) is 6.68. The van der Waals surface area contributed by atoms with Crippen molar-refractivity contribution >= 4 is 22.1 Å². The van der Waals surface area contributed by atoms with Crippen LogP contribution in [-0.4, -0.2) is 55.5 Å². The SMILES string of the molecule is CC(C)NS(=O)(=O)NC(C)C(=O)NC1CCCN(c2ncccn2)C1. The van der Waals surface area contributed by atoms with Gasteiger partial charge in [0.1, 0.15) is 0 Å². The van der Waals surface area contributed by atoms with Crippen molar-refractivity contribution in [2.75, 3.05) is 18.0 Å². The lowest BCUT2D eigenvalue weighted by Gasteiger charge is -2.33. The Morgan fingerprint density at radius 2 is 1.92 bits per heavy atom. The zero-order chi connectivity index (χ0) is 18.4. The second kappa shape index (κ2) is 8.54. The zero-order valence-corrected chi connectivity index (χ0v) is 15.6. The Balaban J connectivity index is 1.89. The van der Waals surface area contributed by atoms with Crippen molar-refractivity contribution < 1.29 is 13.2 Å². The van der Waals surface area contributed by atoms with E-state index in [2.05, 4.69) is 24.7 Å². The van der Waals surface area contributed by atoms with Gasteiger partial charge in [-0.2, -0.15) is 17.9 Å². The first-order valence-electron chi connectivity index (χ1n) is 8.39. The van der Waals surface area contributed by atoms with Gasteiger partial charge in [-0.05, 0) is 39.7 Å². The van der Waals surface area contributed by atoms with Crippen LogP contribution in [0.4, 0.5) is 5.95 Å². The molecule has 3 N–H and O–H groups in total. The van der Waals surface area contributed by atoms with Gasteiger partial charge in [0.25, 0.3) is 10.2 Å². The summed E-state index contributed by atoms with van der Waals surface area (Å²) in [6, 6.07) is 0.575. The molecule has 1 fully saturated rings. The quantitative estimate of drug-likeness (QED) is 0.611. The third-order valence-electron chi connectivity index (χ3n) is 3.72. The van der Waals surface area contributed by atoms with E-state index in [1.54, 1.807) is 32.3 Å². The van der Waals surface area contributed by atoms with E-state index in [0.29, 0.717) is 12.5 Å². The molecule has 0 aromatic carbocycles. The number of anilines is 1. The molecule has 1 saturated heterocycles. The summed E-state index contributed by atoms with van der Waals surface area (Å²) in [6.45, 7) is 6.38. The van der Waals surface area contributed by atoms with Crippen molar-refractivity contribution in [2.24, 2.45) is 0 Å². The Hall–Kier alpha value is -1.78. The maximum Gasteiger partial charge on any atom is 0.277 e. The molecule has 10 heteroatoms. The monoisotopic (exact) mass is 370 g/mol. The number of nitrogens with zero attached hydrogens (tertiary/aromatic N) is 3. The van der Waals surface area contributed by atoms with Crippen LogP contribution in [0.2, 0.25) is 0 Å². The zero-order valence-electron chi connectivity index (χ0n) is 14.8. The van der Waals surface area contributed by atoms with Crippen LogP contribution >= 0.6 is 0 Å². The molecular weight excluding hydrogens is 344 g/mol. The number of hydrogen-bond donors (Lipinski definition) is 3. The molecular formula is C15H26N6O3S. The number of amides is 1. The highest BCUT2D eigenvalue weighted by Gasteiger charge is 2.26. The molecule has 140 valence electrons. The minimum absolute atomic E-state index is 0.0740. The molecule has 0 bridgehead atoms. The van der Waals surface area contributed by atoms with Crippen molar-refractivity contribution in [3.8, 4) is 0 Å². The molecule has 1 aromatic heterocycles. The van der Waals surface area contributed by atoms with Crippen molar-refractivity contribution in [2.45, 2.75) is 51.7 Å². The van der Waals surface area contributed by atoms with Crippen molar-refractivity contribution in [1.82, 2.24) is 24.7 Å². The van der Waals surface area contributed by atoms with E-state index in [-0.39, 0.29) is 18.0 Å². The molecule has 1 aromatic rings. The Labute approximate surface area is 148 Å². The molecule has 0 aliphatic carbocycles. The lowest BCUT2D eigenvalue weighted by molar-refractivity contribution is -0.123. The highest BCUT2D eigenvalue weighted by Crippen LogP contribution is 2.15. The van der Waals surface area contributed by atoms with E-state index in [9.17, 15) is 13.2 Å². The van der Waals surface area contributed by atoms with Crippen LogP contribution in [0, 0.1) is 0 Å². The third kappa shape index (κ3) is 6.22. The van der Waals surface area contributed by atoms with Gasteiger partial charge < -0.3 is 10.2 Å². The third-order valence-corrected chi connectivity index (χ3v) is 5.16. The number of piperidine rings is 1. The predicted octanol–water partition coefficient (Wildman–Crippen LogP) is -0.217. The standard InChI is InChI=1S/C15H26N6O3S/c1-11(2)19-25(23,24)20-12(3)14(22)18-13-6-4-9-21(10-13)15-16-7-5-8-17-15/h5,7-8,11-13,19-20H,4,6,9-10H2,1-3H3,(H,18,22). The van der Waals surface area contributed by atoms with Crippen LogP contribution in [0.15, 0.2) is 18.5 Å². The fraction of sp³-hybridized carbons (Fsp3) is 0.667. The summed E-state index contributed by atoms with van der Waals surface area (Å²) >= 11 is 0. The van der Waals surface area contributed by atoms with Crippen molar-refractivity contribution in [3.63, 3.8) is 0 Å². The van der Waals surface area contributed by atoms with E-state index in [4.69, 9.17) is 0 Å². The fourth-order valence-corrected chi connectivity index (χ4v) is 3.95. The molecule has 9 nitrogen and oxygen atoms in total. The first-order valence-corrected chi connectivity index (χ1v) is 9.87. The highest BCUT2D eigenvalue weighted by atomic mass is 32.2. The molecule has 1 aliphatic heterocycles. The lowest BCUT2D eigenvalue weighted by Crippen LogP contribution is -2.54. The maximum absolute atomic E-state index is 12.3. The summed E-state index contributed by atoms with van der Waals surface area (Å²) in [5.74, 6) is 0.284. The summed E-state index contributed by atoms with van der Waals surface area (Å²) in [5, 5.41) is 2.90. The summed E-state index contributed by atoms with van der Waals surface area (Å²) in [4.78, 5) is 22.8. The minimum Gasteiger partial charge on any atom is -0.350 e. The Morgan fingerprint density at radius 3 is 2.56 bits per heavy atom. The molecule has 0 radical (unpaired) electrons. The largest absolute Gasteiger partial charge is 0.350 e. The van der Waals surface area contributed by atoms with Gasteiger partial charge in [-0.15, -0.1) is 0 Å².